The van der Waals surface area contributed by atoms with Crippen LogP contribution >= 0.6 is 0 Å². The Morgan fingerprint density at radius 3 is 1.96 bits per heavy atom. The quantitative estimate of drug-likeness (QED) is 0.563. The van der Waals surface area contributed by atoms with E-state index in [4.69, 9.17) is 9.47 Å². The van der Waals surface area contributed by atoms with Crippen LogP contribution in [0.25, 0.3) is 0 Å². The highest BCUT2D eigenvalue weighted by atomic mass is 16.6. The molecule has 0 amide bonds. The summed E-state index contributed by atoms with van der Waals surface area (Å²) in [5.41, 5.74) is 0.452. The predicted molar refractivity (Wildman–Crippen MR) is 92.7 cm³/mol. The van der Waals surface area contributed by atoms with Gasteiger partial charge in [0, 0.05) is 0 Å². The summed E-state index contributed by atoms with van der Waals surface area (Å²) in [6.45, 7) is 5.50. The largest absolute Gasteiger partial charge is 0.465 e. The number of rotatable bonds is 7. The third kappa shape index (κ3) is 3.97. The second-order valence-electron chi connectivity index (χ2n) is 6.62. The summed E-state index contributed by atoms with van der Waals surface area (Å²) in [5, 5.41) is 0. The van der Waals surface area contributed by atoms with Crippen molar-refractivity contribution in [1.29, 1.82) is 0 Å². The van der Waals surface area contributed by atoms with Gasteiger partial charge in [-0.1, -0.05) is 49.9 Å². The van der Waals surface area contributed by atoms with Gasteiger partial charge < -0.3 is 9.47 Å². The van der Waals surface area contributed by atoms with Crippen molar-refractivity contribution in [2.75, 3.05) is 13.2 Å². The zero-order chi connectivity index (χ0) is 17.6. The normalized spacial score (nSPS) is 15.3. The fraction of sp³-hybridized carbons (Fsp3) is 0.600. The van der Waals surface area contributed by atoms with E-state index in [1.54, 1.807) is 20.8 Å². The minimum Gasteiger partial charge on any atom is -0.465 e. The zero-order valence-corrected chi connectivity index (χ0v) is 15.0. The van der Waals surface area contributed by atoms with E-state index in [0.29, 0.717) is 5.56 Å². The summed E-state index contributed by atoms with van der Waals surface area (Å²) >= 11 is 0. The van der Waals surface area contributed by atoms with Gasteiger partial charge in [-0.15, -0.1) is 0 Å². The molecule has 0 radical (unpaired) electrons. The summed E-state index contributed by atoms with van der Waals surface area (Å²) in [7, 11) is 0. The van der Waals surface area contributed by atoms with E-state index in [1.807, 2.05) is 24.3 Å². The summed E-state index contributed by atoms with van der Waals surface area (Å²) in [6, 6.07) is 7.75. The van der Waals surface area contributed by atoms with Gasteiger partial charge in [-0.2, -0.15) is 0 Å². The zero-order valence-electron chi connectivity index (χ0n) is 15.0. The molecular formula is C20H28O4. The van der Waals surface area contributed by atoms with Crippen LogP contribution in [0.3, 0.4) is 0 Å². The number of carbonyl (C=O) groups excluding carboxylic acids is 2. The van der Waals surface area contributed by atoms with E-state index in [2.05, 4.69) is 0 Å². The van der Waals surface area contributed by atoms with Crippen molar-refractivity contribution in [3.63, 3.8) is 0 Å². The summed E-state index contributed by atoms with van der Waals surface area (Å²) in [6.07, 6.45) is 6.31. The van der Waals surface area contributed by atoms with Crippen molar-refractivity contribution in [2.24, 2.45) is 5.92 Å². The van der Waals surface area contributed by atoms with Gasteiger partial charge in [0.05, 0.1) is 13.2 Å². The molecule has 2 rings (SSSR count). The maximum Gasteiger partial charge on any atom is 0.327 e. The summed E-state index contributed by atoms with van der Waals surface area (Å²) in [5.74, 6) is -0.365. The van der Waals surface area contributed by atoms with Crippen LogP contribution in [0.4, 0.5) is 0 Å². The molecule has 0 aliphatic heterocycles. The fourth-order valence-electron chi connectivity index (χ4n) is 3.39. The first kappa shape index (κ1) is 18.5. The Kier molecular flexibility index (Phi) is 6.41. The molecule has 0 N–H and O–H groups in total. The molecular weight excluding hydrogens is 304 g/mol. The molecule has 0 heterocycles. The van der Waals surface area contributed by atoms with Gasteiger partial charge in [0.25, 0.3) is 0 Å². The highest BCUT2D eigenvalue weighted by Gasteiger charge is 2.46. The first-order valence-electron chi connectivity index (χ1n) is 8.96. The van der Waals surface area contributed by atoms with Crippen LogP contribution in [-0.2, 0) is 30.9 Å². The van der Waals surface area contributed by atoms with Crippen molar-refractivity contribution in [3.8, 4) is 0 Å². The first-order chi connectivity index (χ1) is 11.5. The van der Waals surface area contributed by atoms with E-state index in [1.165, 1.54) is 31.2 Å². The molecule has 4 heteroatoms. The monoisotopic (exact) mass is 332 g/mol. The second-order valence-corrected chi connectivity index (χ2v) is 6.62. The van der Waals surface area contributed by atoms with Crippen molar-refractivity contribution in [2.45, 2.75) is 58.3 Å². The molecule has 1 aliphatic carbocycles. The average molecular weight is 332 g/mol. The van der Waals surface area contributed by atoms with Crippen molar-refractivity contribution in [1.82, 2.24) is 0 Å². The van der Waals surface area contributed by atoms with Crippen LogP contribution in [0.1, 0.15) is 57.6 Å². The van der Waals surface area contributed by atoms with Gasteiger partial charge in [-0.05, 0) is 44.2 Å². The maximum atomic E-state index is 12.4. The number of esters is 2. The topological polar surface area (TPSA) is 52.6 Å². The van der Waals surface area contributed by atoms with Crippen LogP contribution < -0.4 is 0 Å². The van der Waals surface area contributed by atoms with Crippen molar-refractivity contribution >= 4 is 11.9 Å². The molecule has 0 unspecified atom stereocenters. The highest BCUT2D eigenvalue weighted by molar-refractivity contribution is 6.05. The van der Waals surface area contributed by atoms with E-state index >= 15 is 0 Å². The molecule has 0 aromatic heterocycles. The van der Waals surface area contributed by atoms with Crippen LogP contribution in [0.2, 0.25) is 0 Å². The lowest BCUT2D eigenvalue weighted by atomic mass is 9.81. The molecule has 0 saturated heterocycles. The molecule has 1 aliphatic rings. The predicted octanol–water partition coefficient (Wildman–Crippen LogP) is 3.80. The second kappa shape index (κ2) is 8.32. The molecule has 0 bridgehead atoms. The molecule has 1 aromatic carbocycles. The van der Waals surface area contributed by atoms with Gasteiger partial charge in [0.1, 0.15) is 0 Å². The Labute approximate surface area is 144 Å². The fourth-order valence-corrected chi connectivity index (χ4v) is 3.39. The van der Waals surface area contributed by atoms with E-state index in [9.17, 15) is 9.59 Å². The molecule has 0 spiro atoms. The number of carbonyl (C=O) groups is 2. The van der Waals surface area contributed by atoms with Gasteiger partial charge in [-0.25, -0.2) is 0 Å². The van der Waals surface area contributed by atoms with E-state index in [0.717, 1.165) is 12.3 Å². The highest BCUT2D eigenvalue weighted by Crippen LogP contribution is 2.31. The van der Waals surface area contributed by atoms with Crippen LogP contribution in [0.5, 0.6) is 0 Å². The van der Waals surface area contributed by atoms with Gasteiger partial charge in [-0.3, -0.25) is 9.59 Å². The lowest BCUT2D eigenvalue weighted by Crippen LogP contribution is -2.43. The smallest absolute Gasteiger partial charge is 0.327 e. The number of hydrogen-bond acceptors (Lipinski definition) is 4. The molecule has 132 valence electrons. The number of benzene rings is 1. The van der Waals surface area contributed by atoms with E-state index in [-0.39, 0.29) is 13.2 Å². The summed E-state index contributed by atoms with van der Waals surface area (Å²) < 4.78 is 10.3. The third-order valence-corrected chi connectivity index (χ3v) is 4.90. The average Bonchev–Trinajstić information content (AvgIpc) is 3.08. The first-order valence-corrected chi connectivity index (χ1v) is 8.96. The molecule has 1 aromatic rings. The van der Waals surface area contributed by atoms with Gasteiger partial charge >= 0.3 is 11.9 Å². The third-order valence-electron chi connectivity index (χ3n) is 4.90. The Hall–Kier alpha value is -1.84. The van der Waals surface area contributed by atoms with Crippen molar-refractivity contribution < 1.29 is 19.1 Å². The lowest BCUT2D eigenvalue weighted by molar-refractivity contribution is -0.163. The van der Waals surface area contributed by atoms with Gasteiger partial charge in [0.15, 0.2) is 5.41 Å². The molecule has 4 nitrogen and oxygen atoms in total. The minimum atomic E-state index is -1.42. The summed E-state index contributed by atoms with van der Waals surface area (Å²) in [4.78, 5) is 24.8. The SMILES string of the molecule is CCOC(=O)C(C)(C(=O)OCC)c1ccc(CC2CCCC2)cc1. The molecule has 1 fully saturated rings. The van der Waals surface area contributed by atoms with Crippen LogP contribution in [-0.4, -0.2) is 25.2 Å². The van der Waals surface area contributed by atoms with E-state index < -0.39 is 17.4 Å². The molecule has 0 atom stereocenters. The maximum absolute atomic E-state index is 12.4. The minimum absolute atomic E-state index is 0.230. The Bertz CT molecular complexity index is 538. The van der Waals surface area contributed by atoms with Gasteiger partial charge in [0.2, 0.25) is 0 Å². The molecule has 1 saturated carbocycles. The van der Waals surface area contributed by atoms with Crippen LogP contribution in [0, 0.1) is 5.92 Å². The Morgan fingerprint density at radius 2 is 1.50 bits per heavy atom. The molecule has 24 heavy (non-hydrogen) atoms. The lowest BCUT2D eigenvalue weighted by Gasteiger charge is -2.25. The Balaban J connectivity index is 2.22. The van der Waals surface area contributed by atoms with Crippen LogP contribution in [0.15, 0.2) is 24.3 Å². The number of ether oxygens (including phenoxy) is 2. The number of hydrogen-bond donors (Lipinski definition) is 0. The van der Waals surface area contributed by atoms with Crippen molar-refractivity contribution in [3.05, 3.63) is 35.4 Å². The standard InChI is InChI=1S/C20H28O4/c1-4-23-18(21)20(3,19(22)24-5-2)17-12-10-16(11-13-17)14-15-8-6-7-9-15/h10-13,15H,4-9,14H2,1-3H3. The Morgan fingerprint density at radius 1 is 1.00 bits per heavy atom.